The lowest BCUT2D eigenvalue weighted by molar-refractivity contribution is 0.628. The molecule has 17 heavy (non-hydrogen) atoms. The molecule has 1 heterocycles. The third-order valence-electron chi connectivity index (χ3n) is 2.09. The van der Waals surface area contributed by atoms with Gasteiger partial charge in [0.15, 0.2) is 5.82 Å². The molecular weight excluding hydrogens is 240 g/mol. The molecule has 0 unspecified atom stereocenters. The van der Waals surface area contributed by atoms with Crippen LogP contribution in [0.1, 0.15) is 11.4 Å². The Labute approximate surface area is 103 Å². The molecule has 0 fully saturated rings. The summed E-state index contributed by atoms with van der Waals surface area (Å²) in [4.78, 5) is 1.38. The topological polar surface area (TPSA) is 79.4 Å². The number of aromatic nitrogens is 4. The molecule has 0 spiro atoms. The summed E-state index contributed by atoms with van der Waals surface area (Å²) in [5, 5.41) is 24.1. The molecule has 2 aromatic rings. The van der Waals surface area contributed by atoms with Crippen LogP contribution < -0.4 is 5.32 Å². The number of halogens is 1. The Morgan fingerprint density at radius 1 is 1.53 bits per heavy atom. The van der Waals surface area contributed by atoms with E-state index >= 15 is 0 Å². The lowest BCUT2D eigenvalue weighted by Gasteiger charge is -2.05. The van der Waals surface area contributed by atoms with Crippen molar-refractivity contribution in [1.29, 1.82) is 5.26 Å². The zero-order valence-electron chi connectivity index (χ0n) is 9.05. The third kappa shape index (κ3) is 2.71. The van der Waals surface area contributed by atoms with Crippen LogP contribution in [-0.2, 0) is 13.6 Å². The highest BCUT2D eigenvalue weighted by Crippen LogP contribution is 2.20. The van der Waals surface area contributed by atoms with E-state index in [1.165, 1.54) is 4.80 Å². The first-order valence-electron chi connectivity index (χ1n) is 4.85. The van der Waals surface area contributed by atoms with Crippen molar-refractivity contribution in [2.45, 2.75) is 6.54 Å². The van der Waals surface area contributed by atoms with Gasteiger partial charge < -0.3 is 5.32 Å². The fourth-order valence-electron chi connectivity index (χ4n) is 1.33. The minimum absolute atomic E-state index is 0.392. The van der Waals surface area contributed by atoms with Crippen LogP contribution in [0.5, 0.6) is 0 Å². The number of hydrogen-bond acceptors (Lipinski definition) is 5. The largest absolute Gasteiger partial charge is 0.376 e. The maximum Gasteiger partial charge on any atom is 0.193 e. The molecule has 0 radical (unpaired) electrons. The molecular formula is C10H9ClN6. The van der Waals surface area contributed by atoms with Crippen molar-refractivity contribution in [3.63, 3.8) is 0 Å². The van der Waals surface area contributed by atoms with Gasteiger partial charge in [0.1, 0.15) is 6.07 Å². The summed E-state index contributed by atoms with van der Waals surface area (Å²) < 4.78 is 0. The fourth-order valence-corrected chi connectivity index (χ4v) is 1.50. The number of rotatable bonds is 3. The highest BCUT2D eigenvalue weighted by atomic mass is 35.5. The molecule has 0 atom stereocenters. The van der Waals surface area contributed by atoms with Crippen LogP contribution in [0.2, 0.25) is 5.02 Å². The minimum atomic E-state index is 0.392. The van der Waals surface area contributed by atoms with Gasteiger partial charge in [-0.1, -0.05) is 11.6 Å². The molecule has 0 aliphatic heterocycles. The number of anilines is 1. The van der Waals surface area contributed by atoms with Gasteiger partial charge in [-0.2, -0.15) is 10.1 Å². The normalized spacial score (nSPS) is 9.94. The van der Waals surface area contributed by atoms with Crippen molar-refractivity contribution < 1.29 is 0 Å². The van der Waals surface area contributed by atoms with E-state index in [2.05, 4.69) is 26.8 Å². The molecule has 1 aromatic carbocycles. The minimum Gasteiger partial charge on any atom is -0.376 e. The van der Waals surface area contributed by atoms with Crippen LogP contribution in [0.3, 0.4) is 0 Å². The lowest BCUT2D eigenvalue weighted by Crippen LogP contribution is -2.03. The summed E-state index contributed by atoms with van der Waals surface area (Å²) in [5.41, 5.74) is 1.19. The van der Waals surface area contributed by atoms with Gasteiger partial charge in [0.2, 0.25) is 0 Å². The molecule has 0 aliphatic rings. The Hall–Kier alpha value is -2.13. The Morgan fingerprint density at radius 2 is 2.35 bits per heavy atom. The molecule has 0 aliphatic carbocycles. The summed E-state index contributed by atoms with van der Waals surface area (Å²) in [5.74, 6) is 0.552. The molecule has 0 amide bonds. The number of nitriles is 1. The van der Waals surface area contributed by atoms with Crippen molar-refractivity contribution in [2.24, 2.45) is 7.05 Å². The van der Waals surface area contributed by atoms with E-state index in [9.17, 15) is 0 Å². The molecule has 0 bridgehead atoms. The summed E-state index contributed by atoms with van der Waals surface area (Å²) in [6, 6.07) is 7.11. The van der Waals surface area contributed by atoms with Gasteiger partial charge in [0, 0.05) is 5.02 Å². The fraction of sp³-hybridized carbons (Fsp3) is 0.200. The second kappa shape index (κ2) is 4.80. The van der Waals surface area contributed by atoms with Gasteiger partial charge in [-0.3, -0.25) is 0 Å². The molecule has 7 heteroatoms. The zero-order chi connectivity index (χ0) is 12.3. The van der Waals surface area contributed by atoms with Gasteiger partial charge in [-0.15, -0.1) is 10.2 Å². The maximum atomic E-state index is 8.93. The molecule has 0 saturated heterocycles. The number of tetrazole rings is 1. The second-order valence-electron chi connectivity index (χ2n) is 3.35. The van der Waals surface area contributed by atoms with E-state index in [1.54, 1.807) is 25.2 Å². The Balaban J connectivity index is 2.13. The van der Waals surface area contributed by atoms with E-state index in [0.29, 0.717) is 28.6 Å². The molecule has 2 rings (SSSR count). The van der Waals surface area contributed by atoms with E-state index in [-0.39, 0.29) is 0 Å². The van der Waals surface area contributed by atoms with Crippen LogP contribution in [0.25, 0.3) is 0 Å². The second-order valence-corrected chi connectivity index (χ2v) is 3.79. The van der Waals surface area contributed by atoms with Gasteiger partial charge in [-0.25, -0.2) is 0 Å². The van der Waals surface area contributed by atoms with Crippen LogP contribution in [0.15, 0.2) is 18.2 Å². The number of hydrogen-bond donors (Lipinski definition) is 1. The first kappa shape index (κ1) is 11.4. The van der Waals surface area contributed by atoms with E-state index in [4.69, 9.17) is 16.9 Å². The third-order valence-corrected chi connectivity index (χ3v) is 2.32. The van der Waals surface area contributed by atoms with Gasteiger partial charge in [-0.05, 0) is 23.4 Å². The Kier molecular flexibility index (Phi) is 3.21. The van der Waals surface area contributed by atoms with E-state index < -0.39 is 0 Å². The molecule has 1 N–H and O–H groups in total. The number of nitrogens with zero attached hydrogens (tertiary/aromatic N) is 5. The average molecular weight is 249 g/mol. The maximum absolute atomic E-state index is 8.93. The van der Waals surface area contributed by atoms with Crippen LogP contribution in [0, 0.1) is 11.3 Å². The smallest absolute Gasteiger partial charge is 0.193 e. The molecule has 6 nitrogen and oxygen atoms in total. The van der Waals surface area contributed by atoms with Crippen molar-refractivity contribution in [3.05, 3.63) is 34.6 Å². The van der Waals surface area contributed by atoms with Gasteiger partial charge in [0.05, 0.1) is 24.8 Å². The van der Waals surface area contributed by atoms with Crippen molar-refractivity contribution >= 4 is 17.3 Å². The first-order chi connectivity index (χ1) is 8.19. The van der Waals surface area contributed by atoms with Gasteiger partial charge >= 0.3 is 0 Å². The molecule has 86 valence electrons. The zero-order valence-corrected chi connectivity index (χ0v) is 9.81. The van der Waals surface area contributed by atoms with Crippen molar-refractivity contribution in [1.82, 2.24) is 20.2 Å². The first-order valence-corrected chi connectivity index (χ1v) is 5.23. The highest BCUT2D eigenvalue weighted by molar-refractivity contribution is 6.30. The number of nitrogens with one attached hydrogen (secondary N) is 1. The molecule has 1 aromatic heterocycles. The van der Waals surface area contributed by atoms with Crippen LogP contribution in [0.4, 0.5) is 5.69 Å². The number of aryl methyl sites for hydroxylation is 1. The summed E-state index contributed by atoms with van der Waals surface area (Å²) in [6.45, 7) is 0.392. The average Bonchev–Trinajstić information content (AvgIpc) is 2.73. The van der Waals surface area contributed by atoms with Crippen molar-refractivity contribution in [3.8, 4) is 6.07 Å². The highest BCUT2D eigenvalue weighted by Gasteiger charge is 2.05. The standard InChI is InChI=1S/C10H9ClN6/c1-17-15-10(14-16-17)6-13-9-4-8(11)3-2-7(9)5-12/h2-4,13H,6H2,1H3. The van der Waals surface area contributed by atoms with Crippen LogP contribution in [-0.4, -0.2) is 20.2 Å². The Bertz CT molecular complexity index is 570. The molecule has 0 saturated carbocycles. The summed E-state index contributed by atoms with van der Waals surface area (Å²) >= 11 is 5.86. The van der Waals surface area contributed by atoms with E-state index in [0.717, 1.165) is 0 Å². The van der Waals surface area contributed by atoms with Crippen molar-refractivity contribution in [2.75, 3.05) is 5.32 Å². The monoisotopic (exact) mass is 248 g/mol. The van der Waals surface area contributed by atoms with Crippen LogP contribution >= 0.6 is 11.6 Å². The summed E-state index contributed by atoms with van der Waals surface area (Å²) in [6.07, 6.45) is 0. The lowest BCUT2D eigenvalue weighted by atomic mass is 10.2. The van der Waals surface area contributed by atoms with E-state index in [1.807, 2.05) is 0 Å². The predicted molar refractivity (Wildman–Crippen MR) is 62.3 cm³/mol. The SMILES string of the molecule is Cn1nnc(CNc2cc(Cl)ccc2C#N)n1. The quantitative estimate of drug-likeness (QED) is 0.887. The number of benzene rings is 1. The predicted octanol–water partition coefficient (Wildman–Crippen LogP) is 1.35. The Morgan fingerprint density at radius 3 is 3.00 bits per heavy atom. The summed E-state index contributed by atoms with van der Waals surface area (Å²) in [7, 11) is 1.69. The van der Waals surface area contributed by atoms with Gasteiger partial charge in [0.25, 0.3) is 0 Å².